The van der Waals surface area contributed by atoms with Crippen LogP contribution in [0.2, 0.25) is 0 Å². The van der Waals surface area contributed by atoms with E-state index in [1.807, 2.05) is 6.07 Å². The van der Waals surface area contributed by atoms with Gasteiger partial charge in [-0.3, -0.25) is 4.79 Å². The molecule has 84 valence electrons. The Balaban J connectivity index is 0.00000162. The molecule has 0 atom stereocenters. The smallest absolute Gasteiger partial charge is 0.545 e. The molecule has 4 heteroatoms. The van der Waals surface area contributed by atoms with Crippen molar-refractivity contribution in [3.05, 3.63) is 71.3 Å². The van der Waals surface area contributed by atoms with Crippen LogP contribution in [0, 0.1) is 0 Å². The zero-order chi connectivity index (χ0) is 12.3. The van der Waals surface area contributed by atoms with Crippen LogP contribution < -0.4 is 34.7 Å². The molecule has 0 aliphatic rings. The predicted molar refractivity (Wildman–Crippen MR) is 60.6 cm³/mol. The number of carbonyl (C=O) groups is 2. The molecular formula is C14H9NaO3. The summed E-state index contributed by atoms with van der Waals surface area (Å²) in [6, 6.07) is 14.5. The predicted octanol–water partition coefficient (Wildman–Crippen LogP) is -1.71. The summed E-state index contributed by atoms with van der Waals surface area (Å²) in [7, 11) is 0. The monoisotopic (exact) mass is 248 g/mol. The van der Waals surface area contributed by atoms with Gasteiger partial charge in [0, 0.05) is 11.1 Å². The van der Waals surface area contributed by atoms with Crippen LogP contribution in [0.25, 0.3) is 0 Å². The van der Waals surface area contributed by atoms with E-state index in [0.29, 0.717) is 11.1 Å². The van der Waals surface area contributed by atoms with Crippen LogP contribution in [0.5, 0.6) is 0 Å². The maximum absolute atomic E-state index is 12.0. The maximum Gasteiger partial charge on any atom is 1.00 e. The number of benzene rings is 2. The molecule has 0 bridgehead atoms. The minimum absolute atomic E-state index is 0. The molecular weight excluding hydrogens is 239 g/mol. The van der Waals surface area contributed by atoms with E-state index >= 15 is 0 Å². The number of ketones is 1. The van der Waals surface area contributed by atoms with Gasteiger partial charge in [0.15, 0.2) is 5.78 Å². The van der Waals surface area contributed by atoms with E-state index in [-0.39, 0.29) is 40.9 Å². The summed E-state index contributed by atoms with van der Waals surface area (Å²) in [5.74, 6) is -1.38. The van der Waals surface area contributed by atoms with Crippen molar-refractivity contribution in [1.29, 1.82) is 0 Å². The Morgan fingerprint density at radius 1 is 0.722 bits per heavy atom. The van der Waals surface area contributed by atoms with Gasteiger partial charge < -0.3 is 9.90 Å². The van der Waals surface area contributed by atoms with Gasteiger partial charge in [-0.2, -0.15) is 0 Å². The Labute approximate surface area is 127 Å². The molecule has 0 amide bonds. The van der Waals surface area contributed by atoms with Crippen molar-refractivity contribution in [2.75, 3.05) is 0 Å². The summed E-state index contributed by atoms with van der Waals surface area (Å²) in [5, 5.41) is 10.6. The fourth-order valence-electron chi connectivity index (χ4n) is 1.51. The summed E-state index contributed by atoms with van der Waals surface area (Å²) >= 11 is 0. The van der Waals surface area contributed by atoms with Crippen molar-refractivity contribution < 1.29 is 44.3 Å². The molecule has 2 aromatic rings. The molecule has 0 radical (unpaired) electrons. The van der Waals surface area contributed by atoms with Crippen molar-refractivity contribution in [1.82, 2.24) is 0 Å². The van der Waals surface area contributed by atoms with Gasteiger partial charge in [-0.15, -0.1) is 0 Å². The van der Waals surface area contributed by atoms with E-state index in [0.717, 1.165) is 0 Å². The van der Waals surface area contributed by atoms with E-state index in [2.05, 4.69) is 0 Å². The van der Waals surface area contributed by atoms with Crippen molar-refractivity contribution in [3.63, 3.8) is 0 Å². The number of rotatable bonds is 3. The average Bonchev–Trinajstić information content (AvgIpc) is 2.39. The van der Waals surface area contributed by atoms with Crippen LogP contribution in [-0.2, 0) is 0 Å². The van der Waals surface area contributed by atoms with Crippen LogP contribution in [-0.4, -0.2) is 11.8 Å². The Morgan fingerprint density at radius 3 is 1.67 bits per heavy atom. The number of carboxylic acid groups (broad SMARTS) is 1. The summed E-state index contributed by atoms with van der Waals surface area (Å²) < 4.78 is 0. The van der Waals surface area contributed by atoms with E-state index in [9.17, 15) is 14.7 Å². The quantitative estimate of drug-likeness (QED) is 0.480. The molecule has 18 heavy (non-hydrogen) atoms. The summed E-state index contributed by atoms with van der Waals surface area (Å²) in [6.07, 6.45) is 0. The molecule has 2 rings (SSSR count). The fourth-order valence-corrected chi connectivity index (χ4v) is 1.51. The third kappa shape index (κ3) is 3.29. The van der Waals surface area contributed by atoms with Crippen molar-refractivity contribution >= 4 is 11.8 Å². The van der Waals surface area contributed by atoms with E-state index in [4.69, 9.17) is 0 Å². The molecule has 0 saturated carbocycles. The molecule has 0 aliphatic carbocycles. The van der Waals surface area contributed by atoms with E-state index in [1.54, 1.807) is 24.3 Å². The van der Waals surface area contributed by atoms with Gasteiger partial charge in [-0.05, 0) is 5.56 Å². The van der Waals surface area contributed by atoms with E-state index in [1.165, 1.54) is 24.3 Å². The molecule has 0 spiro atoms. The normalized spacial score (nSPS) is 9.33. The molecule has 0 saturated heterocycles. The first-order valence-electron chi connectivity index (χ1n) is 5.09. The summed E-state index contributed by atoms with van der Waals surface area (Å²) in [5.41, 5.74) is 1.10. The number of hydrogen-bond acceptors (Lipinski definition) is 3. The Kier molecular flexibility index (Phi) is 5.28. The third-order valence-electron chi connectivity index (χ3n) is 2.42. The summed E-state index contributed by atoms with van der Waals surface area (Å²) in [4.78, 5) is 22.5. The van der Waals surface area contributed by atoms with Gasteiger partial charge in [-0.25, -0.2) is 0 Å². The zero-order valence-corrected chi connectivity index (χ0v) is 11.9. The maximum atomic E-state index is 12.0. The Hall–Kier alpha value is -1.42. The standard InChI is InChI=1S/C14H10O3.Na/c15-13(10-4-2-1-3-5-10)11-6-8-12(9-7-11)14(16)17;/h1-9H,(H,16,17);/q;+1/p-1. The minimum atomic E-state index is -1.25. The van der Waals surface area contributed by atoms with Crippen LogP contribution in [0.15, 0.2) is 54.6 Å². The van der Waals surface area contributed by atoms with Gasteiger partial charge in [0.1, 0.15) is 0 Å². The van der Waals surface area contributed by atoms with Gasteiger partial charge in [-0.1, -0.05) is 54.6 Å². The van der Waals surface area contributed by atoms with Crippen molar-refractivity contribution in [3.8, 4) is 0 Å². The molecule has 0 heterocycles. The minimum Gasteiger partial charge on any atom is -0.545 e. The second kappa shape index (κ2) is 6.50. The van der Waals surface area contributed by atoms with Gasteiger partial charge in [0.05, 0.1) is 5.97 Å². The van der Waals surface area contributed by atoms with Crippen LogP contribution in [0.4, 0.5) is 0 Å². The van der Waals surface area contributed by atoms with Gasteiger partial charge in [0.2, 0.25) is 0 Å². The average molecular weight is 248 g/mol. The number of carbonyl (C=O) groups excluding carboxylic acids is 2. The second-order valence-corrected chi connectivity index (χ2v) is 3.56. The second-order valence-electron chi connectivity index (χ2n) is 3.56. The van der Waals surface area contributed by atoms with Crippen molar-refractivity contribution in [2.45, 2.75) is 0 Å². The first kappa shape index (κ1) is 14.6. The van der Waals surface area contributed by atoms with Gasteiger partial charge >= 0.3 is 29.6 Å². The molecule has 0 aliphatic heterocycles. The molecule has 0 fully saturated rings. The first-order valence-corrected chi connectivity index (χ1v) is 5.09. The van der Waals surface area contributed by atoms with Crippen LogP contribution in [0.1, 0.15) is 26.3 Å². The zero-order valence-electron chi connectivity index (χ0n) is 9.92. The molecule has 2 aromatic carbocycles. The van der Waals surface area contributed by atoms with E-state index < -0.39 is 5.97 Å². The van der Waals surface area contributed by atoms with Crippen molar-refractivity contribution in [2.24, 2.45) is 0 Å². The van der Waals surface area contributed by atoms with Gasteiger partial charge in [0.25, 0.3) is 0 Å². The summed E-state index contributed by atoms with van der Waals surface area (Å²) in [6.45, 7) is 0. The first-order chi connectivity index (χ1) is 8.18. The number of carboxylic acids is 1. The molecule has 0 unspecified atom stereocenters. The molecule has 0 aromatic heterocycles. The largest absolute Gasteiger partial charge is 1.00 e. The fraction of sp³-hybridized carbons (Fsp3) is 0. The number of aromatic carboxylic acids is 1. The van der Waals surface area contributed by atoms with Crippen LogP contribution >= 0.6 is 0 Å². The third-order valence-corrected chi connectivity index (χ3v) is 2.42. The molecule has 3 nitrogen and oxygen atoms in total. The molecule has 0 N–H and O–H groups in total. The Morgan fingerprint density at radius 2 is 1.17 bits per heavy atom. The van der Waals surface area contributed by atoms with Crippen LogP contribution in [0.3, 0.4) is 0 Å². The SMILES string of the molecule is O=C([O-])c1ccc(C(=O)c2ccccc2)cc1.[Na+]. The Bertz CT molecular complexity index is 547. The topological polar surface area (TPSA) is 57.2 Å². The number of hydrogen-bond donors (Lipinski definition) is 0.